The Morgan fingerprint density at radius 3 is 2.35 bits per heavy atom. The second-order valence-corrected chi connectivity index (χ2v) is 5.64. The van der Waals surface area contributed by atoms with E-state index >= 15 is 0 Å². The molecule has 142 valence electrons. The van der Waals surface area contributed by atoms with Crippen molar-refractivity contribution in [1.82, 2.24) is 16.0 Å². The maximum atomic E-state index is 12.2. The maximum absolute atomic E-state index is 12.2. The van der Waals surface area contributed by atoms with Crippen LogP contribution in [0, 0.1) is 0 Å². The molecule has 8 heteroatoms. The first-order valence-corrected chi connectivity index (χ1v) is 8.45. The highest BCUT2D eigenvalue weighted by Crippen LogP contribution is 2.19. The summed E-state index contributed by atoms with van der Waals surface area (Å²) in [5, 5.41) is 7.08. The zero-order chi connectivity index (χ0) is 19.4. The van der Waals surface area contributed by atoms with E-state index in [1.54, 1.807) is 30.3 Å². The van der Waals surface area contributed by atoms with Crippen molar-refractivity contribution in [3.8, 4) is 0 Å². The topological polar surface area (TPSA) is 114 Å². The molecule has 3 N–H and O–H groups in total. The van der Waals surface area contributed by atoms with Gasteiger partial charge in [-0.15, -0.1) is 0 Å². The highest BCUT2D eigenvalue weighted by Gasteiger charge is 2.26. The van der Waals surface area contributed by atoms with Crippen molar-refractivity contribution in [3.63, 3.8) is 0 Å². The van der Waals surface area contributed by atoms with Crippen LogP contribution in [-0.4, -0.2) is 37.4 Å². The molecule has 1 unspecified atom stereocenters. The van der Waals surface area contributed by atoms with Crippen molar-refractivity contribution in [2.75, 3.05) is 13.6 Å². The van der Waals surface area contributed by atoms with Gasteiger partial charge in [-0.25, -0.2) is 4.79 Å². The van der Waals surface area contributed by atoms with Crippen LogP contribution in [0.5, 0.6) is 0 Å². The monoisotopic (exact) mass is 363 g/mol. The molecule has 0 aliphatic rings. The smallest absolute Gasteiger partial charge is 0.321 e. The summed E-state index contributed by atoms with van der Waals surface area (Å²) >= 11 is 0. The van der Waals surface area contributed by atoms with Gasteiger partial charge in [0, 0.05) is 32.5 Å². The number of hydrogen-bond acceptors (Lipinski definition) is 5. The minimum atomic E-state index is -1.19. The third kappa shape index (κ3) is 8.27. The van der Waals surface area contributed by atoms with Crippen LogP contribution in [0.3, 0.4) is 0 Å². The Labute approximate surface area is 152 Å². The summed E-state index contributed by atoms with van der Waals surface area (Å²) in [6.07, 6.45) is 1.04. The Balaban J connectivity index is 2.54. The molecule has 1 atom stereocenters. The zero-order valence-corrected chi connectivity index (χ0v) is 15.0. The fraction of sp³-hybridized carbons (Fsp3) is 0.444. The molecule has 1 aromatic carbocycles. The van der Waals surface area contributed by atoms with Gasteiger partial charge in [-0.05, 0) is 12.8 Å². The summed E-state index contributed by atoms with van der Waals surface area (Å²) in [7, 11) is 1.38. The van der Waals surface area contributed by atoms with Crippen molar-refractivity contribution < 1.29 is 23.9 Å². The highest BCUT2D eigenvalue weighted by atomic mass is 16.5. The number of unbranched alkanes of at least 4 members (excludes halogenated alkanes) is 2. The number of benzene rings is 1. The van der Waals surface area contributed by atoms with Crippen molar-refractivity contribution in [1.29, 1.82) is 0 Å². The standard InChI is InChI=1S/C18H25N3O5/c1-13(22)20-12-8-4-7-11-15(23)26-16(14-9-5-3-6-10-14)17(24)21-18(25)19-2/h3,5-6,9-10,16H,4,7-8,11-12H2,1-2H3,(H,20,22)(H2,19,21,24,25). The van der Waals surface area contributed by atoms with Crippen molar-refractivity contribution in [2.24, 2.45) is 0 Å². The number of esters is 1. The van der Waals surface area contributed by atoms with E-state index in [9.17, 15) is 19.2 Å². The second kappa shape index (κ2) is 11.6. The molecular weight excluding hydrogens is 338 g/mol. The van der Waals surface area contributed by atoms with Crippen LogP contribution in [0.25, 0.3) is 0 Å². The Morgan fingerprint density at radius 1 is 1.04 bits per heavy atom. The minimum absolute atomic E-state index is 0.0859. The molecule has 0 aliphatic carbocycles. The van der Waals surface area contributed by atoms with Gasteiger partial charge < -0.3 is 15.4 Å². The first kappa shape index (κ1) is 21.1. The molecule has 0 saturated carbocycles. The van der Waals surface area contributed by atoms with E-state index in [0.717, 1.165) is 12.8 Å². The molecule has 0 saturated heterocycles. The molecule has 8 nitrogen and oxygen atoms in total. The summed E-state index contributed by atoms with van der Waals surface area (Å²) in [6.45, 7) is 2.01. The van der Waals surface area contributed by atoms with Gasteiger partial charge >= 0.3 is 12.0 Å². The maximum Gasteiger partial charge on any atom is 0.321 e. The lowest BCUT2D eigenvalue weighted by molar-refractivity contribution is -0.156. The van der Waals surface area contributed by atoms with Crippen LogP contribution in [0.2, 0.25) is 0 Å². The van der Waals surface area contributed by atoms with E-state index in [-0.39, 0.29) is 12.3 Å². The highest BCUT2D eigenvalue weighted by molar-refractivity contribution is 5.97. The first-order chi connectivity index (χ1) is 12.4. The van der Waals surface area contributed by atoms with E-state index in [1.807, 2.05) is 0 Å². The van der Waals surface area contributed by atoms with Gasteiger partial charge in [0.25, 0.3) is 5.91 Å². The number of hydrogen-bond donors (Lipinski definition) is 3. The number of ether oxygens (including phenoxy) is 1. The van der Waals surface area contributed by atoms with Gasteiger partial charge in [0.15, 0.2) is 0 Å². The van der Waals surface area contributed by atoms with Crippen molar-refractivity contribution in [3.05, 3.63) is 35.9 Å². The summed E-state index contributed by atoms with van der Waals surface area (Å²) in [6, 6.07) is 7.82. The summed E-state index contributed by atoms with van der Waals surface area (Å²) in [4.78, 5) is 46.4. The average Bonchev–Trinajstić information content (AvgIpc) is 2.62. The molecule has 1 rings (SSSR count). The molecule has 26 heavy (non-hydrogen) atoms. The Kier molecular flexibility index (Phi) is 9.45. The molecule has 4 amide bonds. The van der Waals surface area contributed by atoms with E-state index in [0.29, 0.717) is 18.5 Å². The molecule has 0 spiro atoms. The van der Waals surface area contributed by atoms with Gasteiger partial charge in [0.2, 0.25) is 12.0 Å². The van der Waals surface area contributed by atoms with E-state index in [2.05, 4.69) is 16.0 Å². The van der Waals surface area contributed by atoms with Gasteiger partial charge in [0.05, 0.1) is 0 Å². The molecule has 0 aliphatic heterocycles. The molecule has 0 fully saturated rings. The number of imide groups is 1. The van der Waals surface area contributed by atoms with Crippen LogP contribution in [0.1, 0.15) is 44.3 Å². The number of amides is 4. The van der Waals surface area contributed by atoms with Gasteiger partial charge in [0.1, 0.15) is 0 Å². The fourth-order valence-corrected chi connectivity index (χ4v) is 2.17. The SMILES string of the molecule is CNC(=O)NC(=O)C(OC(=O)CCCCCNC(C)=O)c1ccccc1. The summed E-state index contributed by atoms with van der Waals surface area (Å²) in [5.74, 6) is -1.32. The van der Waals surface area contributed by atoms with E-state index in [4.69, 9.17) is 4.74 Å². The lowest BCUT2D eigenvalue weighted by atomic mass is 10.1. The third-order valence-electron chi connectivity index (χ3n) is 3.49. The lowest BCUT2D eigenvalue weighted by Crippen LogP contribution is -2.41. The largest absolute Gasteiger partial charge is 0.447 e. The van der Waals surface area contributed by atoms with Crippen LogP contribution < -0.4 is 16.0 Å². The zero-order valence-electron chi connectivity index (χ0n) is 15.0. The van der Waals surface area contributed by atoms with E-state index in [1.165, 1.54) is 14.0 Å². The third-order valence-corrected chi connectivity index (χ3v) is 3.49. The lowest BCUT2D eigenvalue weighted by Gasteiger charge is -2.17. The summed E-state index contributed by atoms with van der Waals surface area (Å²) in [5.41, 5.74) is 0.480. The molecule has 0 radical (unpaired) electrons. The Hall–Kier alpha value is -2.90. The molecule has 0 bridgehead atoms. The second-order valence-electron chi connectivity index (χ2n) is 5.64. The Morgan fingerprint density at radius 2 is 1.73 bits per heavy atom. The number of carbonyl (C=O) groups is 4. The van der Waals surface area contributed by atoms with Crippen LogP contribution in [0.15, 0.2) is 30.3 Å². The first-order valence-electron chi connectivity index (χ1n) is 8.45. The van der Waals surface area contributed by atoms with E-state index < -0.39 is 24.0 Å². The Bertz CT molecular complexity index is 619. The molecular formula is C18H25N3O5. The van der Waals surface area contributed by atoms with Crippen LogP contribution in [0.4, 0.5) is 4.79 Å². The average molecular weight is 363 g/mol. The van der Waals surface area contributed by atoms with Gasteiger partial charge in [-0.1, -0.05) is 36.8 Å². The number of nitrogens with one attached hydrogen (secondary N) is 3. The van der Waals surface area contributed by atoms with Crippen LogP contribution >= 0.6 is 0 Å². The predicted octanol–water partition coefficient (Wildman–Crippen LogP) is 1.42. The molecule has 0 aromatic heterocycles. The molecule has 0 heterocycles. The summed E-state index contributed by atoms with van der Waals surface area (Å²) < 4.78 is 5.29. The normalized spacial score (nSPS) is 11.2. The molecule has 1 aromatic rings. The van der Waals surface area contributed by atoms with Crippen LogP contribution in [-0.2, 0) is 19.1 Å². The fourth-order valence-electron chi connectivity index (χ4n) is 2.17. The van der Waals surface area contributed by atoms with Crippen molar-refractivity contribution in [2.45, 2.75) is 38.7 Å². The minimum Gasteiger partial charge on any atom is -0.447 e. The quantitative estimate of drug-likeness (QED) is 0.454. The van der Waals surface area contributed by atoms with Crippen molar-refractivity contribution >= 4 is 23.8 Å². The predicted molar refractivity (Wildman–Crippen MR) is 95.0 cm³/mol. The number of urea groups is 1. The number of rotatable bonds is 9. The van der Waals surface area contributed by atoms with Gasteiger partial charge in [-0.2, -0.15) is 0 Å². The number of carbonyl (C=O) groups excluding carboxylic acids is 4. The van der Waals surface area contributed by atoms with Gasteiger partial charge in [-0.3, -0.25) is 19.7 Å².